The smallest absolute Gasteiger partial charge is 0.203 e. The summed E-state index contributed by atoms with van der Waals surface area (Å²) in [5.74, 6) is 1.80. The molecule has 0 radical (unpaired) electrons. The van der Waals surface area contributed by atoms with Crippen LogP contribution in [0.5, 0.6) is 23.0 Å². The standard InChI is InChI=1S/C23H25NO5S.ClH/c1-5-9-29-22-19(26-3)10-14(11-20(22)27-4)21(25)16-12-24-13-17-15(16)7-8-18(23(17)30)28-6-2;/h7-8,10-13,30H,5-6,9H2,1-4H3;1H. The van der Waals surface area contributed by atoms with E-state index in [1.165, 1.54) is 14.2 Å². The minimum atomic E-state index is -0.205. The van der Waals surface area contributed by atoms with E-state index in [4.69, 9.17) is 18.9 Å². The zero-order chi connectivity index (χ0) is 21.7. The summed E-state index contributed by atoms with van der Waals surface area (Å²) in [7, 11) is 3.06. The Hall–Kier alpha value is -2.64. The first kappa shape index (κ1) is 24.6. The maximum absolute atomic E-state index is 13.4. The van der Waals surface area contributed by atoms with Crippen LogP contribution in [0.2, 0.25) is 0 Å². The lowest BCUT2D eigenvalue weighted by atomic mass is 9.98. The van der Waals surface area contributed by atoms with Gasteiger partial charge in [0.2, 0.25) is 5.75 Å². The van der Waals surface area contributed by atoms with Gasteiger partial charge in [-0.05, 0) is 43.0 Å². The molecule has 1 aromatic heterocycles. The fraction of sp³-hybridized carbons (Fsp3) is 0.304. The summed E-state index contributed by atoms with van der Waals surface area (Å²) in [6.07, 6.45) is 4.07. The van der Waals surface area contributed by atoms with Crippen LogP contribution >= 0.6 is 25.0 Å². The molecule has 0 amide bonds. The summed E-state index contributed by atoms with van der Waals surface area (Å²) < 4.78 is 22.3. The largest absolute Gasteiger partial charge is 0.493 e. The number of halogens is 1. The second-order valence-corrected chi connectivity index (χ2v) is 6.96. The fourth-order valence-corrected chi connectivity index (χ4v) is 3.49. The quantitative estimate of drug-likeness (QED) is 0.339. The van der Waals surface area contributed by atoms with E-state index in [-0.39, 0.29) is 18.2 Å². The number of carbonyl (C=O) groups excluding carboxylic acids is 1. The van der Waals surface area contributed by atoms with Crippen molar-refractivity contribution in [1.82, 2.24) is 4.98 Å². The Balaban J connectivity index is 0.00000341. The van der Waals surface area contributed by atoms with E-state index < -0.39 is 0 Å². The first-order valence-corrected chi connectivity index (χ1v) is 10.2. The minimum Gasteiger partial charge on any atom is -0.493 e. The monoisotopic (exact) mass is 463 g/mol. The highest BCUT2D eigenvalue weighted by atomic mass is 35.5. The maximum Gasteiger partial charge on any atom is 0.203 e. The van der Waals surface area contributed by atoms with Crippen molar-refractivity contribution < 1.29 is 23.7 Å². The molecule has 0 aliphatic heterocycles. The fourth-order valence-electron chi connectivity index (χ4n) is 3.18. The highest BCUT2D eigenvalue weighted by Crippen LogP contribution is 2.40. The number of thiol groups is 1. The third-order valence-corrected chi connectivity index (χ3v) is 5.06. The number of pyridine rings is 1. The number of nitrogens with zero attached hydrogens (tertiary/aromatic N) is 1. The lowest BCUT2D eigenvalue weighted by Gasteiger charge is -2.16. The number of ketones is 1. The van der Waals surface area contributed by atoms with Gasteiger partial charge in [0, 0.05) is 28.9 Å². The molecule has 31 heavy (non-hydrogen) atoms. The van der Waals surface area contributed by atoms with Gasteiger partial charge in [-0.15, -0.1) is 25.0 Å². The van der Waals surface area contributed by atoms with Gasteiger partial charge in [0.25, 0.3) is 0 Å². The maximum atomic E-state index is 13.4. The van der Waals surface area contributed by atoms with Crippen LogP contribution in [0, 0.1) is 0 Å². The van der Waals surface area contributed by atoms with Gasteiger partial charge in [-0.25, -0.2) is 0 Å². The lowest BCUT2D eigenvalue weighted by Crippen LogP contribution is -2.07. The van der Waals surface area contributed by atoms with E-state index in [2.05, 4.69) is 17.6 Å². The number of rotatable bonds is 9. The summed E-state index contributed by atoms with van der Waals surface area (Å²) in [4.78, 5) is 18.3. The Morgan fingerprint density at radius 3 is 2.23 bits per heavy atom. The zero-order valence-electron chi connectivity index (χ0n) is 17.9. The molecule has 8 heteroatoms. The molecule has 3 aromatic rings. The molecule has 1 heterocycles. The van der Waals surface area contributed by atoms with Gasteiger partial charge in [0.1, 0.15) is 5.75 Å². The van der Waals surface area contributed by atoms with E-state index in [1.807, 2.05) is 26.0 Å². The number of methoxy groups -OCH3 is 2. The van der Waals surface area contributed by atoms with Gasteiger partial charge >= 0.3 is 0 Å². The highest BCUT2D eigenvalue weighted by Gasteiger charge is 2.21. The normalized spacial score (nSPS) is 10.4. The molecular formula is C23H26ClNO5S. The van der Waals surface area contributed by atoms with Crippen LogP contribution in [0.4, 0.5) is 0 Å². The van der Waals surface area contributed by atoms with Crippen molar-refractivity contribution in [2.45, 2.75) is 25.2 Å². The molecule has 0 aliphatic carbocycles. The summed E-state index contributed by atoms with van der Waals surface area (Å²) in [5.41, 5.74) is 0.869. The van der Waals surface area contributed by atoms with E-state index in [0.29, 0.717) is 52.2 Å². The third kappa shape index (κ3) is 4.99. The lowest BCUT2D eigenvalue weighted by molar-refractivity contribution is 0.103. The Morgan fingerprint density at radius 2 is 1.65 bits per heavy atom. The minimum absolute atomic E-state index is 0. The molecule has 0 unspecified atom stereocenters. The number of fused-ring (bicyclic) bond motifs is 1. The van der Waals surface area contributed by atoms with Crippen molar-refractivity contribution in [3.8, 4) is 23.0 Å². The van der Waals surface area contributed by atoms with Crippen LogP contribution in [0.15, 0.2) is 41.6 Å². The number of hydrogen-bond donors (Lipinski definition) is 1. The summed E-state index contributed by atoms with van der Waals surface area (Å²) in [5, 5.41) is 1.49. The molecule has 0 atom stereocenters. The number of ether oxygens (including phenoxy) is 4. The molecule has 0 aliphatic rings. The van der Waals surface area contributed by atoms with Crippen molar-refractivity contribution in [2.24, 2.45) is 0 Å². The number of aromatic nitrogens is 1. The van der Waals surface area contributed by atoms with Gasteiger partial charge in [-0.1, -0.05) is 6.92 Å². The molecule has 6 nitrogen and oxygen atoms in total. The van der Waals surface area contributed by atoms with Crippen molar-refractivity contribution in [3.05, 3.63) is 47.8 Å². The zero-order valence-corrected chi connectivity index (χ0v) is 19.6. The van der Waals surface area contributed by atoms with Crippen LogP contribution in [-0.4, -0.2) is 38.2 Å². The Bertz CT molecular complexity index is 1050. The molecule has 3 rings (SSSR count). The predicted molar refractivity (Wildman–Crippen MR) is 126 cm³/mol. The second-order valence-electron chi connectivity index (χ2n) is 6.51. The molecule has 0 N–H and O–H groups in total. The summed E-state index contributed by atoms with van der Waals surface area (Å²) in [6.45, 7) is 4.96. The van der Waals surface area contributed by atoms with Gasteiger partial charge in [-0.3, -0.25) is 9.78 Å². The average molecular weight is 464 g/mol. The van der Waals surface area contributed by atoms with Crippen LogP contribution in [0.3, 0.4) is 0 Å². The molecule has 166 valence electrons. The van der Waals surface area contributed by atoms with Gasteiger partial charge < -0.3 is 18.9 Å². The first-order valence-electron chi connectivity index (χ1n) is 9.71. The average Bonchev–Trinajstić information content (AvgIpc) is 2.78. The third-order valence-electron chi connectivity index (χ3n) is 4.60. The highest BCUT2D eigenvalue weighted by molar-refractivity contribution is 7.80. The number of benzene rings is 2. The van der Waals surface area contributed by atoms with Crippen LogP contribution in [0.25, 0.3) is 10.8 Å². The molecular weight excluding hydrogens is 438 g/mol. The second kappa shape index (κ2) is 11.1. The topological polar surface area (TPSA) is 66.9 Å². The molecule has 0 saturated heterocycles. The SMILES string of the molecule is CCCOc1c(OC)cc(C(=O)c2cncc3c(S)c(OCC)ccc23)cc1OC.Cl. The molecule has 0 fully saturated rings. The van der Waals surface area contributed by atoms with E-state index >= 15 is 0 Å². The van der Waals surface area contributed by atoms with Crippen molar-refractivity contribution in [2.75, 3.05) is 27.4 Å². The van der Waals surface area contributed by atoms with Gasteiger partial charge in [0.05, 0.1) is 32.3 Å². The molecule has 0 bridgehead atoms. The van der Waals surface area contributed by atoms with Crippen molar-refractivity contribution in [1.29, 1.82) is 0 Å². The molecule has 0 saturated carbocycles. The first-order chi connectivity index (χ1) is 14.5. The summed E-state index contributed by atoms with van der Waals surface area (Å²) >= 11 is 4.58. The van der Waals surface area contributed by atoms with Crippen LogP contribution < -0.4 is 18.9 Å². The Labute approximate surface area is 193 Å². The Kier molecular flexibility index (Phi) is 8.83. The predicted octanol–water partition coefficient (Wildman–Crippen LogP) is 5.38. The van der Waals surface area contributed by atoms with Crippen molar-refractivity contribution in [3.63, 3.8) is 0 Å². The van der Waals surface area contributed by atoms with E-state index in [1.54, 1.807) is 24.5 Å². The molecule has 2 aromatic carbocycles. The number of hydrogen-bond acceptors (Lipinski definition) is 7. The van der Waals surface area contributed by atoms with E-state index in [0.717, 1.165) is 17.2 Å². The number of carbonyl (C=O) groups is 1. The van der Waals surface area contributed by atoms with E-state index in [9.17, 15) is 4.79 Å². The van der Waals surface area contributed by atoms with Gasteiger partial charge in [0.15, 0.2) is 17.3 Å². The van der Waals surface area contributed by atoms with Crippen molar-refractivity contribution >= 4 is 41.6 Å². The van der Waals surface area contributed by atoms with Crippen LogP contribution in [0.1, 0.15) is 36.2 Å². The van der Waals surface area contributed by atoms with Gasteiger partial charge in [-0.2, -0.15) is 0 Å². The Morgan fingerprint density at radius 1 is 0.968 bits per heavy atom. The summed E-state index contributed by atoms with van der Waals surface area (Å²) in [6, 6.07) is 6.98. The van der Waals surface area contributed by atoms with Crippen LogP contribution in [-0.2, 0) is 0 Å². The molecule has 0 spiro atoms.